The largest absolute Gasteiger partial charge is 0.311 e. The predicted molar refractivity (Wildman–Crippen MR) is 161 cm³/mol. The first-order valence-corrected chi connectivity index (χ1v) is 13.2. The Hall–Kier alpha value is -5.16. The van der Waals surface area contributed by atoms with Crippen molar-refractivity contribution >= 4 is 57.4 Å². The van der Waals surface area contributed by atoms with Crippen LogP contribution >= 0.6 is 0 Å². The zero-order valence-electron chi connectivity index (χ0n) is 21.1. The van der Waals surface area contributed by atoms with Gasteiger partial charge >= 0.3 is 0 Å². The number of hydrogen-bond acceptors (Lipinski definition) is 4. The van der Waals surface area contributed by atoms with Gasteiger partial charge in [-0.1, -0.05) is 78.9 Å². The van der Waals surface area contributed by atoms with Crippen LogP contribution in [0.1, 0.15) is 0 Å². The molecule has 6 aromatic rings. The van der Waals surface area contributed by atoms with E-state index < -0.39 is 0 Å². The number of aromatic nitrogens is 2. The van der Waals surface area contributed by atoms with E-state index in [1.807, 2.05) is 24.4 Å². The van der Waals surface area contributed by atoms with Crippen LogP contribution < -0.4 is 26.2 Å². The highest BCUT2D eigenvalue weighted by Gasteiger charge is 2.44. The third kappa shape index (κ3) is 3.33. The van der Waals surface area contributed by atoms with Crippen molar-refractivity contribution in [3.63, 3.8) is 0 Å². The minimum atomic E-state index is 0.0626. The van der Waals surface area contributed by atoms with Crippen LogP contribution in [0.2, 0.25) is 0 Å². The molecule has 39 heavy (non-hydrogen) atoms. The van der Waals surface area contributed by atoms with E-state index in [0.717, 1.165) is 40.0 Å². The van der Waals surface area contributed by atoms with E-state index in [1.165, 1.54) is 22.1 Å². The molecular formula is C34H23BN4. The van der Waals surface area contributed by atoms with Crippen molar-refractivity contribution in [3.05, 3.63) is 140 Å². The van der Waals surface area contributed by atoms with Gasteiger partial charge in [0.15, 0.2) is 0 Å². The summed E-state index contributed by atoms with van der Waals surface area (Å²) in [5, 5.41) is 0. The van der Waals surface area contributed by atoms with E-state index in [1.54, 1.807) is 0 Å². The lowest BCUT2D eigenvalue weighted by Gasteiger charge is -2.43. The van der Waals surface area contributed by atoms with Crippen LogP contribution in [0.5, 0.6) is 0 Å². The molecular weight excluding hydrogens is 475 g/mol. The van der Waals surface area contributed by atoms with Gasteiger partial charge in [-0.15, -0.1) is 0 Å². The Morgan fingerprint density at radius 1 is 0.487 bits per heavy atom. The van der Waals surface area contributed by atoms with Crippen LogP contribution in [0.15, 0.2) is 140 Å². The normalized spacial score (nSPS) is 13.0. The molecule has 8 rings (SSSR count). The van der Waals surface area contributed by atoms with Crippen molar-refractivity contribution in [2.24, 2.45) is 0 Å². The highest BCUT2D eigenvalue weighted by atomic mass is 15.2. The maximum Gasteiger partial charge on any atom is 0.254 e. The summed E-state index contributed by atoms with van der Waals surface area (Å²) in [6, 6.07) is 46.9. The van der Waals surface area contributed by atoms with Crippen LogP contribution in [-0.4, -0.2) is 16.7 Å². The van der Waals surface area contributed by atoms with Gasteiger partial charge in [-0.25, -0.2) is 4.98 Å². The molecule has 2 aliphatic rings. The Morgan fingerprint density at radius 3 is 1.69 bits per heavy atom. The topological polar surface area (TPSA) is 32.3 Å². The third-order valence-corrected chi connectivity index (χ3v) is 7.69. The lowest BCUT2D eigenvalue weighted by atomic mass is 9.33. The average molecular weight is 498 g/mol. The molecule has 5 heteroatoms. The van der Waals surface area contributed by atoms with E-state index in [2.05, 4.69) is 125 Å². The van der Waals surface area contributed by atoms with Crippen molar-refractivity contribution in [2.75, 3.05) is 9.80 Å². The Kier molecular flexibility index (Phi) is 4.89. The van der Waals surface area contributed by atoms with Gasteiger partial charge in [-0.2, -0.15) is 0 Å². The summed E-state index contributed by atoms with van der Waals surface area (Å²) in [5.41, 5.74) is 11.1. The number of hydrogen-bond donors (Lipinski definition) is 0. The molecule has 2 aromatic heterocycles. The Labute approximate surface area is 227 Å². The Morgan fingerprint density at radius 2 is 1.05 bits per heavy atom. The van der Waals surface area contributed by atoms with Crippen molar-refractivity contribution in [2.45, 2.75) is 0 Å². The highest BCUT2D eigenvalue weighted by molar-refractivity contribution is 7.00. The van der Waals surface area contributed by atoms with Gasteiger partial charge in [0.05, 0.1) is 11.4 Å². The number of pyridine rings is 2. The fourth-order valence-electron chi connectivity index (χ4n) is 6.09. The van der Waals surface area contributed by atoms with Gasteiger partial charge in [0.25, 0.3) is 6.71 Å². The van der Waals surface area contributed by atoms with Crippen molar-refractivity contribution in [1.82, 2.24) is 9.97 Å². The zero-order chi connectivity index (χ0) is 25.8. The summed E-state index contributed by atoms with van der Waals surface area (Å²) < 4.78 is 0. The van der Waals surface area contributed by atoms with Crippen LogP contribution in [0, 0.1) is 0 Å². The van der Waals surface area contributed by atoms with Gasteiger partial charge in [-0.3, -0.25) is 9.88 Å². The molecule has 0 fully saturated rings. The molecule has 0 N–H and O–H groups in total. The van der Waals surface area contributed by atoms with Crippen LogP contribution in [0.4, 0.5) is 34.3 Å². The quantitative estimate of drug-likeness (QED) is 0.271. The summed E-state index contributed by atoms with van der Waals surface area (Å²) in [7, 11) is 0. The van der Waals surface area contributed by atoms with E-state index >= 15 is 0 Å². The number of fused-ring (bicyclic) bond motifs is 4. The minimum Gasteiger partial charge on any atom is -0.311 e. The van der Waals surface area contributed by atoms with Crippen LogP contribution in [0.25, 0.3) is 11.4 Å². The monoisotopic (exact) mass is 498 g/mol. The van der Waals surface area contributed by atoms with E-state index in [-0.39, 0.29) is 6.71 Å². The molecule has 4 aromatic carbocycles. The Bertz CT molecular complexity index is 1710. The fraction of sp³-hybridized carbons (Fsp3) is 0. The van der Waals surface area contributed by atoms with Crippen LogP contribution in [-0.2, 0) is 0 Å². The average Bonchev–Trinajstić information content (AvgIpc) is 3.02. The summed E-state index contributed by atoms with van der Waals surface area (Å²) in [5.74, 6) is 0.943. The van der Waals surface area contributed by atoms with Crippen molar-refractivity contribution in [1.29, 1.82) is 0 Å². The minimum absolute atomic E-state index is 0.0626. The van der Waals surface area contributed by atoms with E-state index in [4.69, 9.17) is 9.97 Å². The molecule has 0 radical (unpaired) electrons. The second-order valence-electron chi connectivity index (χ2n) is 9.87. The number of para-hydroxylation sites is 4. The number of anilines is 6. The molecule has 0 saturated carbocycles. The van der Waals surface area contributed by atoms with Gasteiger partial charge < -0.3 is 4.90 Å². The van der Waals surface area contributed by atoms with Crippen molar-refractivity contribution in [3.8, 4) is 11.4 Å². The second kappa shape index (κ2) is 8.71. The molecule has 182 valence electrons. The number of benzene rings is 4. The van der Waals surface area contributed by atoms with Crippen LogP contribution in [0.3, 0.4) is 0 Å². The first-order chi connectivity index (χ1) is 19.4. The Balaban J connectivity index is 1.51. The summed E-state index contributed by atoms with van der Waals surface area (Å²) in [6.45, 7) is 0.0626. The molecule has 0 unspecified atom stereocenters. The maximum atomic E-state index is 5.37. The predicted octanol–water partition coefficient (Wildman–Crippen LogP) is 6.23. The molecule has 4 heterocycles. The maximum absolute atomic E-state index is 5.37. The summed E-state index contributed by atoms with van der Waals surface area (Å²) >= 11 is 0. The molecule has 0 spiro atoms. The standard InChI is InChI=1S/C34H23BN4/c1-3-13-24(14-4-1)38-30-20-9-7-17-26(30)35-27-18-8-10-21-31(27)39(25-15-5-2-6-16-25)34-33(35)32(38)23-29(37-34)28-19-11-12-22-36-28/h1-23H. The second-order valence-corrected chi connectivity index (χ2v) is 9.87. The van der Waals surface area contributed by atoms with Crippen molar-refractivity contribution < 1.29 is 0 Å². The molecule has 0 bridgehead atoms. The number of rotatable bonds is 3. The lowest BCUT2D eigenvalue weighted by Crippen LogP contribution is -2.61. The first kappa shape index (κ1) is 21.9. The lowest BCUT2D eigenvalue weighted by molar-refractivity contribution is 1.16. The highest BCUT2D eigenvalue weighted by Crippen LogP contribution is 2.43. The first-order valence-electron chi connectivity index (χ1n) is 13.2. The van der Waals surface area contributed by atoms with E-state index in [9.17, 15) is 0 Å². The van der Waals surface area contributed by atoms with Gasteiger partial charge in [0.2, 0.25) is 0 Å². The smallest absolute Gasteiger partial charge is 0.254 e. The summed E-state index contributed by atoms with van der Waals surface area (Å²) in [6.07, 6.45) is 1.83. The zero-order valence-corrected chi connectivity index (χ0v) is 21.1. The molecule has 4 nitrogen and oxygen atoms in total. The van der Waals surface area contributed by atoms with Gasteiger partial charge in [0, 0.05) is 34.6 Å². The third-order valence-electron chi connectivity index (χ3n) is 7.69. The molecule has 0 aliphatic carbocycles. The molecule has 0 atom stereocenters. The van der Waals surface area contributed by atoms with E-state index in [0.29, 0.717) is 0 Å². The molecule has 0 saturated heterocycles. The molecule has 2 aliphatic heterocycles. The van der Waals surface area contributed by atoms with Gasteiger partial charge in [0.1, 0.15) is 5.82 Å². The summed E-state index contributed by atoms with van der Waals surface area (Å²) in [4.78, 5) is 14.8. The SMILES string of the molecule is c1ccc(N2c3ccccc3B3c4ccccc4N(c4ccccc4)c4nc(-c5ccccn5)cc2c43)cc1. The fourth-order valence-corrected chi connectivity index (χ4v) is 6.09. The number of nitrogens with zero attached hydrogens (tertiary/aromatic N) is 4. The molecule has 0 amide bonds. The van der Waals surface area contributed by atoms with Gasteiger partial charge in [-0.05, 0) is 71.0 Å².